The molecule has 0 amide bonds. The summed E-state index contributed by atoms with van der Waals surface area (Å²) in [7, 11) is 0. The van der Waals surface area contributed by atoms with Gasteiger partial charge < -0.3 is 5.21 Å². The van der Waals surface area contributed by atoms with Gasteiger partial charge in [0.05, 0.1) is 0 Å². The summed E-state index contributed by atoms with van der Waals surface area (Å²) in [5.41, 5.74) is 2.07. The second-order valence-corrected chi connectivity index (χ2v) is 4.81. The van der Waals surface area contributed by atoms with Crippen LogP contribution in [-0.4, -0.2) is 20.9 Å². The van der Waals surface area contributed by atoms with E-state index in [0.29, 0.717) is 17.8 Å². The molecule has 2 aliphatic rings. The second kappa shape index (κ2) is 4.12. The highest BCUT2D eigenvalue weighted by Gasteiger charge is 2.37. The van der Waals surface area contributed by atoms with Crippen LogP contribution >= 0.6 is 0 Å². The fourth-order valence-electron chi connectivity index (χ4n) is 2.90. The third kappa shape index (κ3) is 1.45. The normalized spacial score (nSPS) is 23.3. The largest absolute Gasteiger partial charge is 0.618 e. The van der Waals surface area contributed by atoms with Crippen LogP contribution in [0, 0.1) is 11.1 Å². The van der Waals surface area contributed by atoms with Crippen LogP contribution in [0.15, 0.2) is 30.1 Å². The van der Waals surface area contributed by atoms with Gasteiger partial charge in [-0.25, -0.2) is 0 Å². The lowest BCUT2D eigenvalue weighted by Crippen LogP contribution is -2.26. The van der Waals surface area contributed by atoms with E-state index in [2.05, 4.69) is 0 Å². The van der Waals surface area contributed by atoms with Gasteiger partial charge >= 0.3 is 0 Å². The highest BCUT2D eigenvalue weighted by atomic mass is 16.5. The molecule has 2 heterocycles. The number of fused-ring (bicyclic) bond motifs is 2. The third-order valence-electron chi connectivity index (χ3n) is 3.80. The minimum absolute atomic E-state index is 0.0326. The standard InChI is InChI=1S/C14H16N2O2/c1-2-11-13-8-5-9-15(13)14(17)10-6-3-4-7-12(10)16(11)18/h5,7-10H,2-4,6H2,1H3. The van der Waals surface area contributed by atoms with Crippen LogP contribution in [0.1, 0.15) is 43.1 Å². The first kappa shape index (κ1) is 11.3. The van der Waals surface area contributed by atoms with Gasteiger partial charge in [0.15, 0.2) is 0 Å². The highest BCUT2D eigenvalue weighted by molar-refractivity contribution is 6.01. The fraction of sp³-hybridized carbons (Fsp3) is 0.429. The Morgan fingerprint density at radius 3 is 3.17 bits per heavy atom. The predicted octanol–water partition coefficient (Wildman–Crippen LogP) is 2.54. The van der Waals surface area contributed by atoms with Crippen LogP contribution < -0.4 is 0 Å². The maximum atomic E-state index is 12.5. The van der Waals surface area contributed by atoms with Crippen molar-refractivity contribution < 1.29 is 9.53 Å². The SMILES string of the molecule is CCC1=[N+]([O-])C2=CCCCC2C(=O)n2cccc21. The van der Waals surface area contributed by atoms with E-state index in [1.807, 2.05) is 25.1 Å². The average molecular weight is 244 g/mol. The summed E-state index contributed by atoms with van der Waals surface area (Å²) in [6, 6.07) is 3.67. The van der Waals surface area contributed by atoms with Crippen LogP contribution in [-0.2, 0) is 0 Å². The van der Waals surface area contributed by atoms with E-state index in [0.717, 1.165) is 29.7 Å². The summed E-state index contributed by atoms with van der Waals surface area (Å²) in [6.07, 6.45) is 6.97. The molecule has 0 spiro atoms. The Labute approximate surface area is 106 Å². The number of rotatable bonds is 1. The van der Waals surface area contributed by atoms with Crippen molar-refractivity contribution >= 4 is 11.6 Å². The van der Waals surface area contributed by atoms with Gasteiger partial charge in [-0.15, -0.1) is 0 Å². The van der Waals surface area contributed by atoms with E-state index >= 15 is 0 Å². The van der Waals surface area contributed by atoms with Gasteiger partial charge in [0.1, 0.15) is 11.6 Å². The summed E-state index contributed by atoms with van der Waals surface area (Å²) in [5, 5.41) is 12.5. The van der Waals surface area contributed by atoms with Gasteiger partial charge in [-0.2, -0.15) is 4.74 Å². The van der Waals surface area contributed by atoms with Crippen molar-refractivity contribution in [3.8, 4) is 0 Å². The molecule has 4 nitrogen and oxygen atoms in total. The molecule has 1 aliphatic carbocycles. The molecule has 1 atom stereocenters. The molecule has 0 N–H and O–H groups in total. The molecule has 0 saturated carbocycles. The number of nitrogens with zero attached hydrogens (tertiary/aromatic N) is 2. The van der Waals surface area contributed by atoms with Gasteiger partial charge in [0.2, 0.25) is 17.3 Å². The number of hydrogen-bond acceptors (Lipinski definition) is 2. The molecule has 1 aromatic heterocycles. The Bertz CT molecular complexity index is 566. The van der Waals surface area contributed by atoms with Crippen molar-refractivity contribution in [1.29, 1.82) is 0 Å². The molecule has 0 bridgehead atoms. The molecular weight excluding hydrogens is 228 g/mol. The van der Waals surface area contributed by atoms with E-state index in [4.69, 9.17) is 0 Å². The van der Waals surface area contributed by atoms with Crippen LogP contribution in [0.25, 0.3) is 0 Å². The molecule has 3 rings (SSSR count). The quantitative estimate of drug-likeness (QED) is 0.563. The third-order valence-corrected chi connectivity index (χ3v) is 3.80. The second-order valence-electron chi connectivity index (χ2n) is 4.81. The zero-order valence-electron chi connectivity index (χ0n) is 10.4. The minimum atomic E-state index is -0.272. The van der Waals surface area contributed by atoms with Crippen LogP contribution in [0.3, 0.4) is 0 Å². The predicted molar refractivity (Wildman–Crippen MR) is 68.5 cm³/mol. The molecule has 18 heavy (non-hydrogen) atoms. The average Bonchev–Trinajstić information content (AvgIpc) is 2.85. The molecule has 4 heteroatoms. The highest BCUT2D eigenvalue weighted by Crippen LogP contribution is 2.30. The summed E-state index contributed by atoms with van der Waals surface area (Å²) in [6.45, 7) is 1.95. The maximum Gasteiger partial charge on any atom is 0.245 e. The van der Waals surface area contributed by atoms with E-state index in [1.165, 1.54) is 0 Å². The Hall–Kier alpha value is -1.84. The summed E-state index contributed by atoms with van der Waals surface area (Å²) < 4.78 is 2.63. The number of hydrogen-bond donors (Lipinski definition) is 0. The van der Waals surface area contributed by atoms with E-state index in [-0.39, 0.29) is 11.8 Å². The van der Waals surface area contributed by atoms with E-state index < -0.39 is 0 Å². The summed E-state index contributed by atoms with van der Waals surface area (Å²) >= 11 is 0. The molecule has 0 aromatic carbocycles. The van der Waals surface area contributed by atoms with Crippen LogP contribution in [0.5, 0.6) is 0 Å². The summed E-state index contributed by atoms with van der Waals surface area (Å²) in [5.74, 6) is -0.239. The lowest BCUT2D eigenvalue weighted by atomic mass is 9.91. The monoisotopic (exact) mass is 244 g/mol. The van der Waals surface area contributed by atoms with Crippen molar-refractivity contribution in [2.75, 3.05) is 0 Å². The summed E-state index contributed by atoms with van der Waals surface area (Å²) in [4.78, 5) is 12.5. The Kier molecular flexibility index (Phi) is 2.58. The van der Waals surface area contributed by atoms with Crippen LogP contribution in [0.4, 0.5) is 0 Å². The molecule has 1 unspecified atom stereocenters. The number of allylic oxidation sites excluding steroid dienone is 2. The lowest BCUT2D eigenvalue weighted by molar-refractivity contribution is -0.410. The van der Waals surface area contributed by atoms with Crippen molar-refractivity contribution in [2.45, 2.75) is 32.6 Å². The molecule has 0 fully saturated rings. The first-order valence-corrected chi connectivity index (χ1v) is 6.49. The zero-order chi connectivity index (χ0) is 12.7. The molecule has 1 aliphatic heterocycles. The van der Waals surface area contributed by atoms with Crippen molar-refractivity contribution in [3.63, 3.8) is 0 Å². The minimum Gasteiger partial charge on any atom is -0.618 e. The van der Waals surface area contributed by atoms with E-state index in [1.54, 1.807) is 10.8 Å². The number of carbonyl (C=O) groups excluding carboxylic acids is 1. The number of carbonyl (C=O) groups is 1. The van der Waals surface area contributed by atoms with E-state index in [9.17, 15) is 10.0 Å². The molecule has 94 valence electrons. The van der Waals surface area contributed by atoms with Crippen molar-refractivity contribution in [1.82, 2.24) is 4.57 Å². The van der Waals surface area contributed by atoms with Gasteiger partial charge in [-0.05, 0) is 37.5 Å². The molecular formula is C14H16N2O2. The Morgan fingerprint density at radius 1 is 1.56 bits per heavy atom. The van der Waals surface area contributed by atoms with Crippen LogP contribution in [0.2, 0.25) is 0 Å². The fourth-order valence-corrected chi connectivity index (χ4v) is 2.90. The molecule has 0 radical (unpaired) electrons. The Morgan fingerprint density at radius 2 is 2.39 bits per heavy atom. The maximum absolute atomic E-state index is 12.5. The van der Waals surface area contributed by atoms with Gasteiger partial charge in [-0.1, -0.05) is 6.92 Å². The number of hydroxylamine groups is 1. The van der Waals surface area contributed by atoms with Gasteiger partial charge in [-0.3, -0.25) is 9.36 Å². The number of aromatic nitrogens is 1. The van der Waals surface area contributed by atoms with Gasteiger partial charge in [0.25, 0.3) is 0 Å². The van der Waals surface area contributed by atoms with Crippen molar-refractivity contribution in [3.05, 3.63) is 41.0 Å². The first-order chi connectivity index (χ1) is 8.74. The first-order valence-electron chi connectivity index (χ1n) is 6.49. The lowest BCUT2D eigenvalue weighted by Gasteiger charge is -2.19. The molecule has 0 saturated heterocycles. The zero-order valence-corrected chi connectivity index (χ0v) is 10.4. The smallest absolute Gasteiger partial charge is 0.245 e. The van der Waals surface area contributed by atoms with Crippen molar-refractivity contribution in [2.24, 2.45) is 5.92 Å². The van der Waals surface area contributed by atoms with Gasteiger partial charge in [0, 0.05) is 12.6 Å². The topological polar surface area (TPSA) is 48.1 Å². The Balaban J connectivity index is 2.26. The molecule has 1 aromatic rings.